The summed E-state index contributed by atoms with van der Waals surface area (Å²) in [7, 11) is -4.61. The average molecular weight is 285 g/mol. The molecular weight excluding hydrogens is 274 g/mol. The van der Waals surface area contributed by atoms with Crippen LogP contribution in [0.3, 0.4) is 0 Å². The molecule has 16 heavy (non-hydrogen) atoms. The molecule has 0 amide bonds. The van der Waals surface area contributed by atoms with Crippen LogP contribution in [0.25, 0.3) is 0 Å². The highest BCUT2D eigenvalue weighted by molar-refractivity contribution is 7.46. The minimum absolute atomic E-state index is 0.0360. The van der Waals surface area contributed by atoms with E-state index in [0.717, 1.165) is 0 Å². The minimum atomic E-state index is -4.61. The summed E-state index contributed by atoms with van der Waals surface area (Å²) in [4.78, 5) is 17.5. The van der Waals surface area contributed by atoms with Gasteiger partial charge in [-0.3, -0.25) is 9.79 Å². The Morgan fingerprint density at radius 1 is 1.00 bits per heavy atom. The van der Waals surface area contributed by atoms with Crippen LogP contribution in [0.4, 0.5) is 0 Å². The second kappa shape index (κ2) is 4.55. The molecule has 1 rings (SSSR count). The fourth-order valence-corrected chi connectivity index (χ4v) is 2.32. The Bertz CT molecular complexity index is 452. The van der Waals surface area contributed by atoms with E-state index in [1.54, 1.807) is 20.8 Å². The molecule has 0 heterocycles. The Morgan fingerprint density at radius 2 is 1.38 bits per heavy atom. The molecule has 1 aromatic carbocycles. The first-order valence-corrected chi connectivity index (χ1v) is 6.63. The summed E-state index contributed by atoms with van der Waals surface area (Å²) in [5, 5.41) is 0.693. The van der Waals surface area contributed by atoms with Gasteiger partial charge < -0.3 is 4.52 Å². The summed E-state index contributed by atoms with van der Waals surface area (Å²) >= 11 is 11.9. The van der Waals surface area contributed by atoms with E-state index in [2.05, 4.69) is 4.52 Å². The molecule has 0 atom stereocenters. The average Bonchev–Trinajstić information content (AvgIpc) is 2.17. The number of phosphoric ester groups is 1. The predicted molar refractivity (Wildman–Crippen MR) is 63.3 cm³/mol. The molecule has 7 heteroatoms. The third kappa shape index (κ3) is 2.70. The van der Waals surface area contributed by atoms with Gasteiger partial charge in [-0.25, -0.2) is 4.57 Å². The van der Waals surface area contributed by atoms with E-state index in [1.807, 2.05) is 0 Å². The van der Waals surface area contributed by atoms with E-state index in [1.165, 1.54) is 0 Å². The number of hydrogen-bond donors (Lipinski definition) is 2. The predicted octanol–water partition coefficient (Wildman–Crippen LogP) is 3.39. The zero-order valence-electron chi connectivity index (χ0n) is 8.91. The zero-order chi connectivity index (χ0) is 12.7. The van der Waals surface area contributed by atoms with Crippen molar-refractivity contribution >= 4 is 31.0 Å². The maximum absolute atomic E-state index is 10.8. The van der Waals surface area contributed by atoms with Crippen LogP contribution < -0.4 is 4.52 Å². The maximum Gasteiger partial charge on any atom is 0.524 e. The molecule has 4 nitrogen and oxygen atoms in total. The topological polar surface area (TPSA) is 66.8 Å². The van der Waals surface area contributed by atoms with Crippen LogP contribution in [0, 0.1) is 20.8 Å². The lowest BCUT2D eigenvalue weighted by atomic mass is 10.1. The molecule has 0 aromatic heterocycles. The van der Waals surface area contributed by atoms with Crippen LogP contribution in [0.2, 0.25) is 10.0 Å². The number of benzene rings is 1. The monoisotopic (exact) mass is 284 g/mol. The Labute approximate surface area is 103 Å². The van der Waals surface area contributed by atoms with Crippen LogP contribution in [-0.2, 0) is 4.57 Å². The van der Waals surface area contributed by atoms with Crippen molar-refractivity contribution < 1.29 is 18.9 Å². The van der Waals surface area contributed by atoms with Gasteiger partial charge in [0.2, 0.25) is 0 Å². The van der Waals surface area contributed by atoms with Crippen molar-refractivity contribution in [2.24, 2.45) is 0 Å². The summed E-state index contributed by atoms with van der Waals surface area (Å²) in [5.74, 6) is 0.0360. The first-order chi connectivity index (χ1) is 7.15. The summed E-state index contributed by atoms with van der Waals surface area (Å²) in [6.45, 7) is 4.96. The van der Waals surface area contributed by atoms with E-state index in [9.17, 15) is 4.57 Å². The quantitative estimate of drug-likeness (QED) is 0.817. The van der Waals surface area contributed by atoms with Gasteiger partial charge in [-0.05, 0) is 26.3 Å². The van der Waals surface area contributed by atoms with Crippen molar-refractivity contribution in [1.82, 2.24) is 0 Å². The van der Waals surface area contributed by atoms with Crippen molar-refractivity contribution in [3.63, 3.8) is 0 Å². The van der Waals surface area contributed by atoms with Crippen LogP contribution >= 0.6 is 31.0 Å². The normalized spacial score (nSPS) is 11.7. The van der Waals surface area contributed by atoms with Crippen LogP contribution in [0.1, 0.15) is 16.7 Å². The molecular formula is C9H11Cl2O4P. The summed E-state index contributed by atoms with van der Waals surface area (Å²) in [6, 6.07) is 0. The van der Waals surface area contributed by atoms with Crippen LogP contribution in [0.15, 0.2) is 0 Å². The van der Waals surface area contributed by atoms with Gasteiger partial charge in [-0.2, -0.15) is 0 Å². The van der Waals surface area contributed by atoms with Crippen molar-refractivity contribution in [1.29, 1.82) is 0 Å². The molecule has 0 saturated carbocycles. The molecule has 2 N–H and O–H groups in total. The number of hydrogen-bond acceptors (Lipinski definition) is 2. The van der Waals surface area contributed by atoms with Gasteiger partial charge in [0.25, 0.3) is 0 Å². The van der Waals surface area contributed by atoms with Gasteiger partial charge in [0.15, 0.2) is 0 Å². The summed E-state index contributed by atoms with van der Waals surface area (Å²) in [5.41, 5.74) is 1.59. The molecule has 0 aliphatic heterocycles. The fraction of sp³-hybridized carbons (Fsp3) is 0.333. The van der Waals surface area contributed by atoms with Gasteiger partial charge in [-0.15, -0.1) is 0 Å². The van der Waals surface area contributed by atoms with Crippen molar-refractivity contribution in [2.45, 2.75) is 20.8 Å². The molecule has 0 aliphatic carbocycles. The molecule has 1 aromatic rings. The zero-order valence-corrected chi connectivity index (χ0v) is 11.3. The number of halogens is 2. The van der Waals surface area contributed by atoms with Crippen molar-refractivity contribution in [3.05, 3.63) is 26.7 Å². The van der Waals surface area contributed by atoms with Crippen molar-refractivity contribution in [3.8, 4) is 5.75 Å². The Morgan fingerprint density at radius 3 is 1.69 bits per heavy atom. The molecule has 0 fully saturated rings. The van der Waals surface area contributed by atoms with Crippen LogP contribution in [0.5, 0.6) is 5.75 Å². The SMILES string of the molecule is Cc1c(Cl)c(C)c(OP(=O)(O)O)c(C)c1Cl. The molecule has 0 unspecified atom stereocenters. The van der Waals surface area contributed by atoms with Gasteiger partial charge >= 0.3 is 7.82 Å². The third-order valence-corrected chi connectivity index (χ3v) is 3.76. The summed E-state index contributed by atoms with van der Waals surface area (Å²) in [6.07, 6.45) is 0. The second-order valence-corrected chi connectivity index (χ2v) is 5.33. The Hall–Kier alpha value is -0.250. The standard InChI is InChI=1S/C9H11Cl2O4P/c1-4-7(10)5(2)9(6(3)8(4)11)15-16(12,13)14/h1-3H3,(H2,12,13,14). The molecule has 0 spiro atoms. The van der Waals surface area contributed by atoms with E-state index in [-0.39, 0.29) is 5.75 Å². The van der Waals surface area contributed by atoms with E-state index in [0.29, 0.717) is 26.7 Å². The fourth-order valence-electron chi connectivity index (χ4n) is 1.40. The van der Waals surface area contributed by atoms with Gasteiger partial charge in [0, 0.05) is 11.1 Å². The van der Waals surface area contributed by atoms with E-state index < -0.39 is 7.82 Å². The molecule has 0 aliphatic rings. The van der Waals surface area contributed by atoms with Gasteiger partial charge in [0.1, 0.15) is 5.75 Å². The summed E-state index contributed by atoms with van der Waals surface area (Å²) < 4.78 is 15.4. The largest absolute Gasteiger partial charge is 0.524 e. The second-order valence-electron chi connectivity index (χ2n) is 3.41. The number of phosphoric acid groups is 1. The molecule has 0 saturated heterocycles. The lowest BCUT2D eigenvalue weighted by Crippen LogP contribution is -1.98. The van der Waals surface area contributed by atoms with Crippen molar-refractivity contribution in [2.75, 3.05) is 0 Å². The molecule has 90 valence electrons. The third-order valence-electron chi connectivity index (χ3n) is 2.21. The minimum Gasteiger partial charge on any atom is -0.404 e. The lowest BCUT2D eigenvalue weighted by Gasteiger charge is -2.16. The Kier molecular flexibility index (Phi) is 3.93. The van der Waals surface area contributed by atoms with E-state index >= 15 is 0 Å². The van der Waals surface area contributed by atoms with E-state index in [4.69, 9.17) is 33.0 Å². The first-order valence-electron chi connectivity index (χ1n) is 4.35. The smallest absolute Gasteiger partial charge is 0.404 e. The highest BCUT2D eigenvalue weighted by Crippen LogP contribution is 2.45. The Balaban J connectivity index is 3.46. The van der Waals surface area contributed by atoms with Crippen LogP contribution in [-0.4, -0.2) is 9.79 Å². The molecule has 0 radical (unpaired) electrons. The van der Waals surface area contributed by atoms with Gasteiger partial charge in [-0.1, -0.05) is 23.2 Å². The highest BCUT2D eigenvalue weighted by atomic mass is 35.5. The highest BCUT2D eigenvalue weighted by Gasteiger charge is 2.23. The number of rotatable bonds is 2. The van der Waals surface area contributed by atoms with Gasteiger partial charge in [0.05, 0.1) is 10.0 Å². The lowest BCUT2D eigenvalue weighted by molar-refractivity contribution is 0.282. The molecule has 0 bridgehead atoms. The first kappa shape index (κ1) is 13.8. The maximum atomic E-state index is 10.8.